The first-order valence-electron chi connectivity index (χ1n) is 18.8. The number of H-pyrrole nitrogens is 2. The van der Waals surface area contributed by atoms with Crippen LogP contribution >= 0.6 is 23.4 Å². The summed E-state index contributed by atoms with van der Waals surface area (Å²) in [6.07, 6.45) is 4.57. The third-order valence-corrected chi connectivity index (χ3v) is 11.8. The number of hydrogen-bond donors (Lipinski definition) is 4. The van der Waals surface area contributed by atoms with Gasteiger partial charge in [0.05, 0.1) is 38.3 Å². The quantitative estimate of drug-likeness (QED) is 0.121. The fraction of sp³-hybridized carbons (Fsp3) is 0.425. The van der Waals surface area contributed by atoms with E-state index in [9.17, 15) is 19.2 Å². The maximum absolute atomic E-state index is 13.9. The molecule has 1 saturated heterocycles. The maximum atomic E-state index is 13.9. The van der Waals surface area contributed by atoms with Crippen LogP contribution in [0, 0.1) is 5.92 Å². The highest BCUT2D eigenvalue weighted by atomic mass is 35.5. The van der Waals surface area contributed by atoms with Crippen molar-refractivity contribution in [1.82, 2.24) is 40.5 Å². The standard InChI is InChI=1S/C40H48ClN9O7S/c1-21(2)31(46-39(53)56-5)38(52)50-29(16-17-43-50)36-45-33(34(41)48-36)26-14-10-24(11-15-26)23-8-12-25(13-9-23)28-19-42-35(44-28)30-18-27(58-7)20-49(30)37(51)32(22(3)55-4)47-40(54)57-6/h8-15,17,19,21-22,27,29-32H,16,18,20H2,1-7H3,(H,42,44)(H,45,48)(H,46,53)(H,47,54). The highest BCUT2D eigenvalue weighted by Crippen LogP contribution is 2.38. The Hall–Kier alpha value is -5.39. The topological polar surface area (TPSA) is 196 Å². The molecule has 4 amide bonds. The van der Waals surface area contributed by atoms with Crippen molar-refractivity contribution in [2.75, 3.05) is 34.1 Å². The van der Waals surface area contributed by atoms with Crippen molar-refractivity contribution in [2.24, 2.45) is 11.0 Å². The minimum absolute atomic E-state index is 0.194. The number of hydrazone groups is 1. The zero-order chi connectivity index (χ0) is 41.7. The van der Waals surface area contributed by atoms with Gasteiger partial charge in [0.2, 0.25) is 5.91 Å². The molecule has 2 aromatic heterocycles. The number of nitrogens with zero attached hydrogens (tertiary/aromatic N) is 5. The van der Waals surface area contributed by atoms with Crippen LogP contribution in [0.15, 0.2) is 59.8 Å². The zero-order valence-corrected chi connectivity index (χ0v) is 34.9. The number of likely N-dealkylation sites (tertiary alicyclic amines) is 1. The molecule has 0 bridgehead atoms. The van der Waals surface area contributed by atoms with E-state index in [2.05, 4.69) is 25.7 Å². The van der Waals surface area contributed by atoms with Crippen LogP contribution in [0.5, 0.6) is 0 Å². The van der Waals surface area contributed by atoms with Gasteiger partial charge in [-0.3, -0.25) is 9.59 Å². The second kappa shape index (κ2) is 18.5. The summed E-state index contributed by atoms with van der Waals surface area (Å²) < 4.78 is 14.9. The van der Waals surface area contributed by atoms with Gasteiger partial charge in [0.15, 0.2) is 0 Å². The van der Waals surface area contributed by atoms with E-state index in [0.717, 1.165) is 27.9 Å². The molecule has 0 saturated carbocycles. The minimum atomic E-state index is -0.928. The molecule has 4 heterocycles. The molecule has 0 spiro atoms. The molecule has 4 aromatic rings. The number of ether oxygens (including phenoxy) is 3. The van der Waals surface area contributed by atoms with Crippen LogP contribution in [0.25, 0.3) is 33.6 Å². The normalized spacial score (nSPS) is 19.2. The summed E-state index contributed by atoms with van der Waals surface area (Å²) in [4.78, 5) is 69.2. The van der Waals surface area contributed by atoms with E-state index in [4.69, 9.17) is 35.8 Å². The Bertz CT molecular complexity index is 2120. The van der Waals surface area contributed by atoms with Gasteiger partial charge in [0, 0.05) is 37.1 Å². The lowest BCUT2D eigenvalue weighted by atomic mass is 10.0. The highest BCUT2D eigenvalue weighted by Gasteiger charge is 2.42. The highest BCUT2D eigenvalue weighted by molar-refractivity contribution is 7.99. The number of aromatic amines is 2. The van der Waals surface area contributed by atoms with Gasteiger partial charge in [0.1, 0.15) is 40.6 Å². The zero-order valence-electron chi connectivity index (χ0n) is 33.3. The van der Waals surface area contributed by atoms with E-state index in [0.29, 0.717) is 41.9 Å². The Kier molecular flexibility index (Phi) is 13.4. The van der Waals surface area contributed by atoms with E-state index >= 15 is 0 Å². The molecular formula is C40H48ClN9O7S. The average Bonchev–Trinajstić information content (AvgIpc) is 4.07. The monoisotopic (exact) mass is 833 g/mol. The van der Waals surface area contributed by atoms with Crippen molar-refractivity contribution in [3.63, 3.8) is 0 Å². The lowest BCUT2D eigenvalue weighted by Crippen LogP contribution is -2.54. The summed E-state index contributed by atoms with van der Waals surface area (Å²) in [6, 6.07) is 13.3. The molecule has 4 N–H and O–H groups in total. The van der Waals surface area contributed by atoms with Gasteiger partial charge in [-0.1, -0.05) is 74.0 Å². The number of halogens is 1. The van der Waals surface area contributed by atoms with Crippen molar-refractivity contribution in [3.05, 3.63) is 71.5 Å². The fourth-order valence-corrected chi connectivity index (χ4v) is 8.01. The van der Waals surface area contributed by atoms with Crippen LogP contribution in [0.2, 0.25) is 5.15 Å². The second-order valence-corrected chi connectivity index (χ2v) is 15.9. The van der Waals surface area contributed by atoms with E-state index in [1.165, 1.54) is 26.3 Å². The first-order chi connectivity index (χ1) is 27.9. The molecule has 0 aliphatic carbocycles. The lowest BCUT2D eigenvalue weighted by molar-refractivity contribution is -0.138. The molecule has 2 aromatic carbocycles. The van der Waals surface area contributed by atoms with Crippen molar-refractivity contribution in [3.8, 4) is 33.6 Å². The number of hydrogen-bond acceptors (Lipinski definition) is 11. The molecule has 6 atom stereocenters. The molecule has 0 radical (unpaired) electrons. The van der Waals surface area contributed by atoms with Crippen molar-refractivity contribution in [2.45, 2.75) is 69.1 Å². The molecular weight excluding hydrogens is 786 g/mol. The number of methoxy groups -OCH3 is 3. The van der Waals surface area contributed by atoms with Crippen LogP contribution < -0.4 is 10.6 Å². The van der Waals surface area contributed by atoms with Crippen LogP contribution in [0.1, 0.15) is 57.3 Å². The Morgan fingerprint density at radius 2 is 1.43 bits per heavy atom. The number of thioether (sulfide) groups is 1. The number of nitrogens with one attached hydrogen (secondary N) is 4. The number of amides is 4. The number of aromatic nitrogens is 4. The van der Waals surface area contributed by atoms with E-state index in [1.54, 1.807) is 36.0 Å². The van der Waals surface area contributed by atoms with Crippen LogP contribution in [0.3, 0.4) is 0 Å². The smallest absolute Gasteiger partial charge is 0.407 e. The molecule has 18 heteroatoms. The number of carbonyl (C=O) groups is 4. The molecule has 6 unspecified atom stereocenters. The summed E-state index contributed by atoms with van der Waals surface area (Å²) in [7, 11) is 3.99. The predicted molar refractivity (Wildman–Crippen MR) is 221 cm³/mol. The van der Waals surface area contributed by atoms with E-state index < -0.39 is 36.4 Å². The summed E-state index contributed by atoms with van der Waals surface area (Å²) in [5.74, 6) is 0.279. The van der Waals surface area contributed by atoms with E-state index in [-0.39, 0.29) is 29.0 Å². The molecule has 2 aliphatic rings. The third-order valence-electron chi connectivity index (χ3n) is 10.5. The predicted octanol–water partition coefficient (Wildman–Crippen LogP) is 6.19. The first-order valence-corrected chi connectivity index (χ1v) is 20.5. The first kappa shape index (κ1) is 42.2. The molecule has 2 aliphatic heterocycles. The Labute approximate surface area is 345 Å². The van der Waals surface area contributed by atoms with Gasteiger partial charge in [-0.25, -0.2) is 24.6 Å². The SMILES string of the molecule is COC(=O)NC(C(=O)N1N=CCC1c1nc(-c2ccc(-c3ccc(-c4cnc(C5CC(SC)CN5C(=O)C(NC(=O)OC)C(C)OC)[nH]4)cc3)cc2)c(Cl)[nH]1)C(C)C. The Balaban J connectivity index is 1.15. The van der Waals surface area contributed by atoms with Crippen molar-refractivity contribution >= 4 is 53.6 Å². The van der Waals surface area contributed by atoms with Gasteiger partial charge in [-0.05, 0) is 42.2 Å². The van der Waals surface area contributed by atoms with Gasteiger partial charge in [-0.2, -0.15) is 16.9 Å². The third kappa shape index (κ3) is 9.01. The molecule has 1 fully saturated rings. The van der Waals surface area contributed by atoms with Crippen LogP contribution in [0.4, 0.5) is 9.59 Å². The van der Waals surface area contributed by atoms with Crippen LogP contribution in [-0.4, -0.2) is 118 Å². The minimum Gasteiger partial charge on any atom is -0.453 e. The summed E-state index contributed by atoms with van der Waals surface area (Å²) in [6.45, 7) is 5.89. The summed E-state index contributed by atoms with van der Waals surface area (Å²) in [5.41, 5.74) is 5.03. The number of benzene rings is 2. The largest absolute Gasteiger partial charge is 0.453 e. The maximum Gasteiger partial charge on any atom is 0.407 e. The number of carbonyl (C=O) groups excluding carboxylic acids is 4. The van der Waals surface area contributed by atoms with Gasteiger partial charge in [0.25, 0.3) is 5.91 Å². The Morgan fingerprint density at radius 1 is 0.828 bits per heavy atom. The Morgan fingerprint density at radius 3 is 2.02 bits per heavy atom. The van der Waals surface area contributed by atoms with Crippen LogP contribution in [-0.2, 0) is 23.8 Å². The number of rotatable bonds is 13. The molecule has 6 rings (SSSR count). The lowest BCUT2D eigenvalue weighted by Gasteiger charge is -2.30. The molecule has 16 nitrogen and oxygen atoms in total. The van der Waals surface area contributed by atoms with E-state index in [1.807, 2.05) is 68.6 Å². The molecule has 308 valence electrons. The summed E-state index contributed by atoms with van der Waals surface area (Å²) in [5, 5.41) is 11.4. The number of alkyl carbamates (subject to hydrolysis) is 2. The van der Waals surface area contributed by atoms with Crippen molar-refractivity contribution in [1.29, 1.82) is 0 Å². The van der Waals surface area contributed by atoms with Crippen molar-refractivity contribution < 1.29 is 33.4 Å². The molecule has 58 heavy (non-hydrogen) atoms. The van der Waals surface area contributed by atoms with Gasteiger partial charge in [-0.15, -0.1) is 0 Å². The second-order valence-electron chi connectivity index (χ2n) is 14.4. The van der Waals surface area contributed by atoms with Gasteiger partial charge >= 0.3 is 12.2 Å². The van der Waals surface area contributed by atoms with Gasteiger partial charge < -0.3 is 39.7 Å². The average molecular weight is 834 g/mol. The summed E-state index contributed by atoms with van der Waals surface area (Å²) >= 11 is 8.35. The fourth-order valence-electron chi connectivity index (χ4n) is 7.08. The number of imidazole rings is 2.